The second kappa shape index (κ2) is 6.87. The lowest BCUT2D eigenvalue weighted by molar-refractivity contribution is -0.134. The van der Waals surface area contributed by atoms with Crippen LogP contribution in [0.15, 0.2) is 72.8 Å². The molecule has 0 aromatic heterocycles. The molecule has 34 heavy (non-hydrogen) atoms. The number of phenols is 1. The SMILES string of the molecule is O=C1c2ccc(O)cc2O[C@@]12[C@H](c1ccccc1)[C@H]1CSCN1[C@]21C(=O)N(Br)c2ccccc21. The third kappa shape index (κ3) is 2.18. The molecule has 1 amide bonds. The Labute approximate surface area is 208 Å². The Morgan fingerprint density at radius 2 is 1.79 bits per heavy atom. The summed E-state index contributed by atoms with van der Waals surface area (Å²) in [7, 11) is 0. The van der Waals surface area contributed by atoms with Gasteiger partial charge in [-0.1, -0.05) is 48.5 Å². The van der Waals surface area contributed by atoms with E-state index < -0.39 is 11.1 Å². The van der Waals surface area contributed by atoms with Crippen LogP contribution in [0.2, 0.25) is 0 Å². The number of rotatable bonds is 1. The molecule has 0 saturated carbocycles. The molecule has 4 aliphatic rings. The highest BCUT2D eigenvalue weighted by Gasteiger charge is 2.82. The number of amides is 1. The van der Waals surface area contributed by atoms with Gasteiger partial charge < -0.3 is 9.84 Å². The highest BCUT2D eigenvalue weighted by molar-refractivity contribution is 9.10. The summed E-state index contributed by atoms with van der Waals surface area (Å²) in [4.78, 5) is 31.1. The second-order valence-corrected chi connectivity index (χ2v) is 10.8. The molecule has 170 valence electrons. The van der Waals surface area contributed by atoms with Crippen molar-refractivity contribution in [2.75, 3.05) is 15.6 Å². The lowest BCUT2D eigenvalue weighted by Gasteiger charge is -2.43. The van der Waals surface area contributed by atoms with Gasteiger partial charge in [0.1, 0.15) is 11.5 Å². The van der Waals surface area contributed by atoms with Gasteiger partial charge in [-0.25, -0.2) is 3.93 Å². The number of thioether (sulfide) groups is 1. The van der Waals surface area contributed by atoms with Crippen LogP contribution in [0.3, 0.4) is 0 Å². The van der Waals surface area contributed by atoms with Gasteiger partial charge in [0.15, 0.2) is 5.54 Å². The molecule has 1 N–H and O–H groups in total. The van der Waals surface area contributed by atoms with Crippen LogP contribution in [0, 0.1) is 0 Å². The lowest BCUT2D eigenvalue weighted by atomic mass is 9.66. The summed E-state index contributed by atoms with van der Waals surface area (Å²) in [6, 6.07) is 22.0. The van der Waals surface area contributed by atoms with E-state index in [0.717, 1.165) is 16.9 Å². The van der Waals surface area contributed by atoms with Gasteiger partial charge in [-0.2, -0.15) is 0 Å². The minimum atomic E-state index is -1.52. The van der Waals surface area contributed by atoms with Crippen LogP contribution < -0.4 is 8.66 Å². The van der Waals surface area contributed by atoms with Crippen LogP contribution in [-0.2, 0) is 10.3 Å². The van der Waals surface area contributed by atoms with Gasteiger partial charge in [0.25, 0.3) is 5.91 Å². The van der Waals surface area contributed by atoms with Gasteiger partial charge in [0, 0.05) is 29.3 Å². The molecule has 2 fully saturated rings. The molecule has 4 aliphatic heterocycles. The Bertz CT molecular complexity index is 1380. The van der Waals surface area contributed by atoms with Crippen LogP contribution in [-0.4, -0.2) is 45.0 Å². The molecule has 2 saturated heterocycles. The molecule has 0 aliphatic carbocycles. The Balaban J connectivity index is 1.60. The van der Waals surface area contributed by atoms with Crippen LogP contribution in [0.25, 0.3) is 0 Å². The van der Waals surface area contributed by atoms with E-state index in [1.165, 1.54) is 16.1 Å². The predicted octanol–water partition coefficient (Wildman–Crippen LogP) is 4.43. The first kappa shape index (κ1) is 20.6. The molecule has 3 aromatic carbocycles. The number of anilines is 1. The number of fused-ring (bicyclic) bond motifs is 6. The number of ketones is 1. The van der Waals surface area contributed by atoms with Crippen molar-refractivity contribution in [3.05, 3.63) is 89.5 Å². The van der Waals surface area contributed by atoms with Gasteiger partial charge in [-0.3, -0.25) is 14.5 Å². The summed E-state index contributed by atoms with van der Waals surface area (Å²) in [6.07, 6.45) is 0. The quantitative estimate of drug-likeness (QED) is 0.465. The number of nitrogens with zero attached hydrogens (tertiary/aromatic N) is 2. The number of hydrogen-bond acceptors (Lipinski definition) is 6. The van der Waals surface area contributed by atoms with Crippen molar-refractivity contribution in [1.29, 1.82) is 0 Å². The zero-order valence-corrected chi connectivity index (χ0v) is 20.3. The molecule has 0 radical (unpaired) electrons. The molecular formula is C26H19BrN2O4S. The van der Waals surface area contributed by atoms with Crippen molar-refractivity contribution in [2.45, 2.75) is 23.1 Å². The summed E-state index contributed by atoms with van der Waals surface area (Å²) in [5, 5.41) is 10.2. The van der Waals surface area contributed by atoms with Gasteiger partial charge in [0.2, 0.25) is 11.4 Å². The summed E-state index contributed by atoms with van der Waals surface area (Å²) in [6.45, 7) is 0. The number of Topliss-reactive ketones (excluding diaryl/α,β-unsaturated/α-hetero) is 1. The topological polar surface area (TPSA) is 70.1 Å². The third-order valence-electron chi connectivity index (χ3n) is 7.68. The fourth-order valence-electron chi connectivity index (χ4n) is 6.51. The normalized spacial score (nSPS) is 31.3. The van der Waals surface area contributed by atoms with E-state index in [2.05, 4.69) is 21.0 Å². The molecule has 8 heteroatoms. The molecule has 4 heterocycles. The number of halogens is 1. The van der Waals surface area contributed by atoms with Crippen molar-refractivity contribution >= 4 is 45.3 Å². The molecule has 0 bridgehead atoms. The summed E-state index contributed by atoms with van der Waals surface area (Å²) >= 11 is 5.27. The second-order valence-electron chi connectivity index (χ2n) is 9.09. The predicted molar refractivity (Wildman–Crippen MR) is 132 cm³/mol. The van der Waals surface area contributed by atoms with E-state index in [0.29, 0.717) is 22.9 Å². The van der Waals surface area contributed by atoms with Crippen LogP contribution in [0.5, 0.6) is 11.5 Å². The van der Waals surface area contributed by atoms with Gasteiger partial charge >= 0.3 is 0 Å². The number of aromatic hydroxyl groups is 1. The molecule has 2 spiro atoms. The average Bonchev–Trinajstić information content (AvgIpc) is 3.55. The van der Waals surface area contributed by atoms with Crippen LogP contribution in [0.4, 0.5) is 5.69 Å². The van der Waals surface area contributed by atoms with E-state index in [9.17, 15) is 14.7 Å². The maximum Gasteiger partial charge on any atom is 0.267 e. The van der Waals surface area contributed by atoms with Crippen molar-refractivity contribution in [1.82, 2.24) is 4.90 Å². The summed E-state index contributed by atoms with van der Waals surface area (Å²) < 4.78 is 8.22. The minimum absolute atomic E-state index is 0.0169. The van der Waals surface area contributed by atoms with Crippen LogP contribution in [0.1, 0.15) is 27.4 Å². The molecule has 6 nitrogen and oxygen atoms in total. The van der Waals surface area contributed by atoms with Gasteiger partial charge in [-0.05, 0) is 23.8 Å². The maximum absolute atomic E-state index is 14.5. The molecule has 0 unspecified atom stereocenters. The number of benzene rings is 3. The zero-order chi connectivity index (χ0) is 23.2. The summed E-state index contributed by atoms with van der Waals surface area (Å²) in [5.41, 5.74) is -0.0512. The number of phenolic OH excluding ortho intramolecular Hbond substituents is 1. The number of ether oxygens (including phenoxy) is 1. The largest absolute Gasteiger partial charge is 0.508 e. The number of carbonyl (C=O) groups is 2. The van der Waals surface area contributed by atoms with E-state index in [-0.39, 0.29) is 29.4 Å². The molecular weight excluding hydrogens is 516 g/mol. The van der Waals surface area contributed by atoms with Gasteiger partial charge in [0.05, 0.1) is 33.3 Å². The standard InChI is InChI=1S/C26H19BrN2O4S/c27-29-19-9-5-4-8-18(19)25(24(29)32)26(23(31)17-11-10-16(30)12-21(17)33-26)22(15-6-2-1-3-7-15)20-13-34-14-28(20)25/h1-12,20,22,30H,13-14H2/t20-,22-,25-,26+/m1/s1. The number of para-hydroxylation sites is 1. The fourth-order valence-corrected chi connectivity index (χ4v) is 8.37. The Morgan fingerprint density at radius 3 is 2.62 bits per heavy atom. The monoisotopic (exact) mass is 534 g/mol. The first-order valence-electron chi connectivity index (χ1n) is 11.1. The minimum Gasteiger partial charge on any atom is -0.508 e. The first-order valence-corrected chi connectivity index (χ1v) is 12.9. The summed E-state index contributed by atoms with van der Waals surface area (Å²) in [5.74, 6) is 0.877. The Morgan fingerprint density at radius 1 is 1.03 bits per heavy atom. The number of hydrogen-bond donors (Lipinski definition) is 1. The smallest absolute Gasteiger partial charge is 0.267 e. The molecule has 3 aromatic rings. The average molecular weight is 535 g/mol. The number of carbonyl (C=O) groups excluding carboxylic acids is 2. The van der Waals surface area contributed by atoms with Crippen molar-refractivity contribution in [3.8, 4) is 11.5 Å². The van der Waals surface area contributed by atoms with Crippen molar-refractivity contribution < 1.29 is 19.4 Å². The maximum atomic E-state index is 14.5. The highest BCUT2D eigenvalue weighted by atomic mass is 79.9. The van der Waals surface area contributed by atoms with Crippen molar-refractivity contribution in [3.63, 3.8) is 0 Å². The fraction of sp³-hybridized carbons (Fsp3) is 0.231. The van der Waals surface area contributed by atoms with E-state index in [1.807, 2.05) is 54.6 Å². The Kier molecular flexibility index (Phi) is 4.15. The van der Waals surface area contributed by atoms with E-state index in [4.69, 9.17) is 4.74 Å². The van der Waals surface area contributed by atoms with Gasteiger partial charge in [-0.15, -0.1) is 11.8 Å². The van der Waals surface area contributed by atoms with E-state index >= 15 is 0 Å². The molecule has 7 rings (SSSR count). The molecule has 4 atom stereocenters. The van der Waals surface area contributed by atoms with Crippen molar-refractivity contribution in [2.24, 2.45) is 0 Å². The van der Waals surface area contributed by atoms with E-state index in [1.54, 1.807) is 17.8 Å². The zero-order valence-electron chi connectivity index (χ0n) is 17.8. The first-order chi connectivity index (χ1) is 16.5. The Hall–Kier alpha value is -2.81. The van der Waals surface area contributed by atoms with Crippen LogP contribution >= 0.6 is 27.9 Å². The lowest BCUT2D eigenvalue weighted by Crippen LogP contribution is -2.65. The third-order valence-corrected chi connectivity index (χ3v) is 9.42. The highest BCUT2D eigenvalue weighted by Crippen LogP contribution is 2.67.